The predicted molar refractivity (Wildman–Crippen MR) is 67.7 cm³/mol. The highest BCUT2D eigenvalue weighted by molar-refractivity contribution is 5.39. The van der Waals surface area contributed by atoms with E-state index >= 15 is 0 Å². The number of aliphatic hydroxyl groups is 1. The number of methoxy groups -OCH3 is 2. The molecular formula is C14H20O4. The minimum absolute atomic E-state index is 0.141. The summed E-state index contributed by atoms with van der Waals surface area (Å²) in [7, 11) is 3.31. The molecule has 1 aromatic rings. The van der Waals surface area contributed by atoms with Crippen LogP contribution < -0.4 is 4.74 Å². The quantitative estimate of drug-likeness (QED) is 0.783. The zero-order chi connectivity index (χ0) is 13.0. The Bertz CT molecular complexity index is 385. The van der Waals surface area contributed by atoms with Crippen molar-refractivity contribution in [3.63, 3.8) is 0 Å². The van der Waals surface area contributed by atoms with Crippen LogP contribution in [0.4, 0.5) is 0 Å². The molecule has 0 spiro atoms. The third kappa shape index (κ3) is 2.66. The fourth-order valence-corrected chi connectivity index (χ4v) is 2.29. The lowest BCUT2D eigenvalue weighted by atomic mass is 9.72. The highest BCUT2D eigenvalue weighted by atomic mass is 16.5. The van der Waals surface area contributed by atoms with Crippen molar-refractivity contribution in [3.05, 3.63) is 29.8 Å². The Hall–Kier alpha value is -1.10. The summed E-state index contributed by atoms with van der Waals surface area (Å²) < 4.78 is 15.8. The van der Waals surface area contributed by atoms with Crippen molar-refractivity contribution in [2.24, 2.45) is 0 Å². The highest BCUT2D eigenvalue weighted by Gasteiger charge is 2.45. The second-order valence-corrected chi connectivity index (χ2v) is 4.63. The molecule has 1 fully saturated rings. The lowest BCUT2D eigenvalue weighted by Gasteiger charge is -2.43. The van der Waals surface area contributed by atoms with Gasteiger partial charge in [0, 0.05) is 32.6 Å². The van der Waals surface area contributed by atoms with Crippen LogP contribution in [0, 0.1) is 0 Å². The van der Waals surface area contributed by atoms with Gasteiger partial charge in [-0.3, -0.25) is 0 Å². The SMILES string of the molecule is COCCOc1ccccc1C1(O)CC(OC)C1. The Morgan fingerprint density at radius 1 is 1.22 bits per heavy atom. The van der Waals surface area contributed by atoms with Gasteiger partial charge in [0.05, 0.1) is 18.3 Å². The van der Waals surface area contributed by atoms with Crippen molar-refractivity contribution in [3.8, 4) is 5.75 Å². The van der Waals surface area contributed by atoms with Crippen molar-refractivity contribution in [2.45, 2.75) is 24.5 Å². The fraction of sp³-hybridized carbons (Fsp3) is 0.571. The molecule has 1 aliphatic rings. The summed E-state index contributed by atoms with van der Waals surface area (Å²) in [4.78, 5) is 0. The topological polar surface area (TPSA) is 47.9 Å². The Labute approximate surface area is 107 Å². The van der Waals surface area contributed by atoms with Gasteiger partial charge >= 0.3 is 0 Å². The molecule has 1 aliphatic carbocycles. The van der Waals surface area contributed by atoms with Gasteiger partial charge in [-0.25, -0.2) is 0 Å². The molecule has 1 aromatic carbocycles. The monoisotopic (exact) mass is 252 g/mol. The van der Waals surface area contributed by atoms with Gasteiger partial charge in [0.1, 0.15) is 12.4 Å². The normalized spacial score (nSPS) is 26.7. The minimum Gasteiger partial charge on any atom is -0.491 e. The van der Waals surface area contributed by atoms with Gasteiger partial charge in [-0.05, 0) is 6.07 Å². The lowest BCUT2D eigenvalue weighted by molar-refractivity contribution is -0.134. The number of para-hydroxylation sites is 1. The van der Waals surface area contributed by atoms with E-state index in [2.05, 4.69) is 0 Å². The van der Waals surface area contributed by atoms with Gasteiger partial charge < -0.3 is 19.3 Å². The number of rotatable bonds is 6. The lowest BCUT2D eigenvalue weighted by Crippen LogP contribution is -2.45. The molecule has 0 aliphatic heterocycles. The molecule has 0 amide bonds. The Balaban J connectivity index is 2.08. The second-order valence-electron chi connectivity index (χ2n) is 4.63. The van der Waals surface area contributed by atoms with Gasteiger partial charge in [-0.2, -0.15) is 0 Å². The van der Waals surface area contributed by atoms with Crippen LogP contribution in [-0.4, -0.2) is 38.6 Å². The predicted octanol–water partition coefficient (Wildman–Crippen LogP) is 1.71. The Morgan fingerprint density at radius 2 is 1.94 bits per heavy atom. The molecule has 1 N–H and O–H groups in total. The van der Waals surface area contributed by atoms with Crippen LogP contribution in [0.2, 0.25) is 0 Å². The molecule has 0 atom stereocenters. The van der Waals surface area contributed by atoms with Crippen LogP contribution in [0.1, 0.15) is 18.4 Å². The Kier molecular flexibility index (Phi) is 4.22. The van der Waals surface area contributed by atoms with Gasteiger partial charge in [-0.1, -0.05) is 18.2 Å². The van der Waals surface area contributed by atoms with Gasteiger partial charge in [-0.15, -0.1) is 0 Å². The molecule has 4 heteroatoms. The van der Waals surface area contributed by atoms with Gasteiger partial charge in [0.25, 0.3) is 0 Å². The third-order valence-corrected chi connectivity index (χ3v) is 3.40. The largest absolute Gasteiger partial charge is 0.491 e. The molecule has 0 unspecified atom stereocenters. The Morgan fingerprint density at radius 3 is 2.61 bits per heavy atom. The molecule has 0 saturated heterocycles. The molecule has 100 valence electrons. The molecule has 2 rings (SSSR count). The van der Waals surface area contributed by atoms with Crippen molar-refractivity contribution < 1.29 is 19.3 Å². The summed E-state index contributed by atoms with van der Waals surface area (Å²) in [5.74, 6) is 0.728. The van der Waals surface area contributed by atoms with E-state index in [4.69, 9.17) is 14.2 Å². The molecule has 1 saturated carbocycles. The standard InChI is InChI=1S/C14H20O4/c1-16-7-8-18-13-6-4-3-5-12(13)14(15)9-11(10-14)17-2/h3-6,11,15H,7-10H2,1-2H3. The molecular weight excluding hydrogens is 232 g/mol. The maximum Gasteiger partial charge on any atom is 0.125 e. The summed E-state index contributed by atoms with van der Waals surface area (Å²) in [5, 5.41) is 10.5. The summed E-state index contributed by atoms with van der Waals surface area (Å²) in [6, 6.07) is 7.61. The highest BCUT2D eigenvalue weighted by Crippen LogP contribution is 2.45. The zero-order valence-electron chi connectivity index (χ0n) is 10.9. The molecule has 4 nitrogen and oxygen atoms in total. The van der Waals surface area contributed by atoms with Crippen molar-refractivity contribution in [1.29, 1.82) is 0 Å². The first-order valence-corrected chi connectivity index (χ1v) is 6.16. The van der Waals surface area contributed by atoms with Crippen molar-refractivity contribution in [2.75, 3.05) is 27.4 Å². The smallest absolute Gasteiger partial charge is 0.125 e. The minimum atomic E-state index is -0.815. The summed E-state index contributed by atoms with van der Waals surface area (Å²) in [5.41, 5.74) is 0.0269. The van der Waals surface area contributed by atoms with Crippen molar-refractivity contribution >= 4 is 0 Å². The van der Waals surface area contributed by atoms with Crippen LogP contribution in [0.3, 0.4) is 0 Å². The molecule has 18 heavy (non-hydrogen) atoms. The molecule has 0 aromatic heterocycles. The first-order valence-electron chi connectivity index (χ1n) is 6.16. The summed E-state index contributed by atoms with van der Waals surface area (Å²) in [6.45, 7) is 1.02. The van der Waals surface area contributed by atoms with E-state index < -0.39 is 5.60 Å². The maximum atomic E-state index is 10.5. The van der Waals surface area contributed by atoms with E-state index in [9.17, 15) is 5.11 Å². The van der Waals surface area contributed by atoms with E-state index in [1.807, 2.05) is 24.3 Å². The van der Waals surface area contributed by atoms with E-state index in [0.29, 0.717) is 26.1 Å². The summed E-state index contributed by atoms with van der Waals surface area (Å²) in [6.07, 6.45) is 1.38. The fourth-order valence-electron chi connectivity index (χ4n) is 2.29. The van der Waals surface area contributed by atoms with Crippen LogP contribution >= 0.6 is 0 Å². The van der Waals surface area contributed by atoms with E-state index in [1.54, 1.807) is 14.2 Å². The molecule has 0 heterocycles. The van der Waals surface area contributed by atoms with Gasteiger partial charge in [0.2, 0.25) is 0 Å². The first-order chi connectivity index (χ1) is 8.69. The number of hydrogen-bond donors (Lipinski definition) is 1. The average molecular weight is 252 g/mol. The molecule has 0 bridgehead atoms. The zero-order valence-corrected chi connectivity index (χ0v) is 10.9. The second kappa shape index (κ2) is 5.69. The van der Waals surface area contributed by atoms with Crippen molar-refractivity contribution in [1.82, 2.24) is 0 Å². The van der Waals surface area contributed by atoms with E-state index in [-0.39, 0.29) is 6.10 Å². The number of ether oxygens (including phenoxy) is 3. The number of hydrogen-bond acceptors (Lipinski definition) is 4. The van der Waals surface area contributed by atoms with Gasteiger partial charge in [0.15, 0.2) is 0 Å². The first kappa shape index (κ1) is 13.3. The number of benzene rings is 1. The van der Waals surface area contributed by atoms with E-state index in [0.717, 1.165) is 11.3 Å². The van der Waals surface area contributed by atoms with Crippen LogP contribution in [-0.2, 0) is 15.1 Å². The summed E-state index contributed by atoms with van der Waals surface area (Å²) >= 11 is 0. The van der Waals surface area contributed by atoms with Crippen LogP contribution in [0.15, 0.2) is 24.3 Å². The van der Waals surface area contributed by atoms with Crippen LogP contribution in [0.5, 0.6) is 5.75 Å². The maximum absolute atomic E-state index is 10.5. The molecule has 0 radical (unpaired) electrons. The van der Waals surface area contributed by atoms with E-state index in [1.165, 1.54) is 0 Å². The van der Waals surface area contributed by atoms with Crippen LogP contribution in [0.25, 0.3) is 0 Å². The average Bonchev–Trinajstić information content (AvgIpc) is 2.36. The third-order valence-electron chi connectivity index (χ3n) is 3.40.